The summed E-state index contributed by atoms with van der Waals surface area (Å²) in [7, 11) is 0. The zero-order chi connectivity index (χ0) is 13.4. The summed E-state index contributed by atoms with van der Waals surface area (Å²) in [6.45, 7) is 8.03. The van der Waals surface area contributed by atoms with E-state index in [1.807, 2.05) is 0 Å². The molecular weight excluding hydrogens is 230 g/mol. The lowest BCUT2D eigenvalue weighted by molar-refractivity contribution is 0.170. The van der Waals surface area contributed by atoms with Crippen molar-refractivity contribution in [3.05, 3.63) is 34.4 Å². The van der Waals surface area contributed by atoms with Crippen molar-refractivity contribution in [3.63, 3.8) is 0 Å². The van der Waals surface area contributed by atoms with Gasteiger partial charge in [0.2, 0.25) is 0 Å². The van der Waals surface area contributed by atoms with E-state index in [4.69, 9.17) is 0 Å². The lowest BCUT2D eigenvalue weighted by atomic mass is 9.70. The topological polar surface area (TPSA) is 12.0 Å². The lowest BCUT2D eigenvalue weighted by Crippen LogP contribution is -2.37. The third-order valence-electron chi connectivity index (χ3n) is 5.13. The van der Waals surface area contributed by atoms with Gasteiger partial charge in [-0.1, -0.05) is 17.7 Å². The van der Waals surface area contributed by atoms with Gasteiger partial charge in [0.25, 0.3) is 0 Å². The van der Waals surface area contributed by atoms with Crippen molar-refractivity contribution in [1.29, 1.82) is 0 Å². The van der Waals surface area contributed by atoms with Gasteiger partial charge in [0.15, 0.2) is 0 Å². The molecule has 3 rings (SSSR count). The Morgan fingerprint density at radius 1 is 0.947 bits per heavy atom. The molecule has 2 atom stereocenters. The molecule has 0 radical (unpaired) electrons. The fraction of sp³-hybridized carbons (Fsp3) is 0.667. The molecule has 0 aliphatic heterocycles. The fourth-order valence-electron chi connectivity index (χ4n) is 3.58. The van der Waals surface area contributed by atoms with Gasteiger partial charge in [-0.3, -0.25) is 0 Å². The van der Waals surface area contributed by atoms with E-state index in [9.17, 15) is 0 Å². The number of rotatable bonds is 5. The highest BCUT2D eigenvalue weighted by Crippen LogP contribution is 2.38. The summed E-state index contributed by atoms with van der Waals surface area (Å²) in [6.07, 6.45) is 6.99. The van der Waals surface area contributed by atoms with Gasteiger partial charge in [-0.05, 0) is 87.9 Å². The number of hydrogen-bond donors (Lipinski definition) is 1. The number of benzene rings is 1. The minimum Gasteiger partial charge on any atom is -0.314 e. The Balaban J connectivity index is 1.61. The molecule has 0 bridgehead atoms. The van der Waals surface area contributed by atoms with Crippen LogP contribution >= 0.6 is 0 Å². The molecule has 0 saturated heterocycles. The van der Waals surface area contributed by atoms with Crippen LogP contribution in [0.5, 0.6) is 0 Å². The first kappa shape index (κ1) is 13.2. The van der Waals surface area contributed by atoms with E-state index >= 15 is 0 Å². The predicted molar refractivity (Wildman–Crippen MR) is 81.6 cm³/mol. The maximum absolute atomic E-state index is 3.71. The van der Waals surface area contributed by atoms with Gasteiger partial charge in [-0.15, -0.1) is 0 Å². The molecule has 1 nitrogen and oxygen atoms in total. The van der Waals surface area contributed by atoms with E-state index in [1.54, 1.807) is 5.56 Å². The van der Waals surface area contributed by atoms with Crippen LogP contribution in [0.4, 0.5) is 0 Å². The highest BCUT2D eigenvalue weighted by Gasteiger charge is 2.32. The Morgan fingerprint density at radius 2 is 1.58 bits per heavy atom. The second-order valence-corrected chi connectivity index (χ2v) is 6.86. The highest BCUT2D eigenvalue weighted by atomic mass is 14.9. The van der Waals surface area contributed by atoms with Crippen LogP contribution in [0.25, 0.3) is 0 Å². The minimum atomic E-state index is 0.865. The quantitative estimate of drug-likeness (QED) is 0.842. The molecular formula is C18H27N. The van der Waals surface area contributed by atoms with Crippen LogP contribution in [0, 0.1) is 32.6 Å². The third kappa shape index (κ3) is 3.02. The molecule has 1 N–H and O–H groups in total. The molecule has 1 aromatic rings. The Hall–Kier alpha value is -0.820. The van der Waals surface area contributed by atoms with Crippen LogP contribution in [-0.2, 0) is 6.42 Å². The third-order valence-corrected chi connectivity index (χ3v) is 5.13. The van der Waals surface area contributed by atoms with Crippen LogP contribution in [-0.4, -0.2) is 12.6 Å². The van der Waals surface area contributed by atoms with Crippen LogP contribution in [0.1, 0.15) is 47.9 Å². The molecule has 104 valence electrons. The van der Waals surface area contributed by atoms with Crippen LogP contribution in [0.3, 0.4) is 0 Å². The normalized spacial score (nSPS) is 26.3. The first-order valence-corrected chi connectivity index (χ1v) is 7.93. The van der Waals surface area contributed by atoms with E-state index in [0.29, 0.717) is 0 Å². The smallest absolute Gasteiger partial charge is 0.00683 e. The molecule has 0 spiro atoms. The van der Waals surface area contributed by atoms with Crippen molar-refractivity contribution in [3.8, 4) is 0 Å². The van der Waals surface area contributed by atoms with Crippen molar-refractivity contribution < 1.29 is 0 Å². The van der Waals surface area contributed by atoms with Crippen LogP contribution in [0.2, 0.25) is 0 Å². The number of aryl methyl sites for hydroxylation is 3. The second-order valence-electron chi connectivity index (χ2n) is 6.86. The predicted octanol–water partition coefficient (Wildman–Crippen LogP) is 3.93. The van der Waals surface area contributed by atoms with Gasteiger partial charge in [0.05, 0.1) is 0 Å². The van der Waals surface area contributed by atoms with E-state index < -0.39 is 0 Å². The van der Waals surface area contributed by atoms with Crippen molar-refractivity contribution in [2.75, 3.05) is 6.54 Å². The molecule has 0 heterocycles. The maximum Gasteiger partial charge on any atom is 0.00683 e. The molecule has 2 fully saturated rings. The molecule has 2 unspecified atom stereocenters. The molecule has 0 amide bonds. The Kier molecular flexibility index (Phi) is 3.66. The van der Waals surface area contributed by atoms with Gasteiger partial charge in [0, 0.05) is 6.04 Å². The molecule has 2 saturated carbocycles. The monoisotopic (exact) mass is 257 g/mol. The highest BCUT2D eigenvalue weighted by molar-refractivity contribution is 5.38. The second kappa shape index (κ2) is 5.28. The van der Waals surface area contributed by atoms with Gasteiger partial charge in [-0.2, -0.15) is 0 Å². The van der Waals surface area contributed by atoms with Crippen molar-refractivity contribution in [1.82, 2.24) is 5.32 Å². The molecule has 2 aliphatic carbocycles. The largest absolute Gasteiger partial charge is 0.314 e. The zero-order valence-electron chi connectivity index (χ0n) is 12.6. The summed E-state index contributed by atoms with van der Waals surface area (Å²) < 4.78 is 0. The van der Waals surface area contributed by atoms with Crippen LogP contribution in [0.15, 0.2) is 12.1 Å². The van der Waals surface area contributed by atoms with E-state index in [-0.39, 0.29) is 0 Å². The average Bonchev–Trinajstić information content (AvgIpc) is 3.10. The zero-order valence-corrected chi connectivity index (χ0v) is 12.6. The molecule has 19 heavy (non-hydrogen) atoms. The van der Waals surface area contributed by atoms with E-state index in [0.717, 1.165) is 17.9 Å². The molecule has 1 heteroatoms. The standard InChI is InChI=1S/C18H27N/c1-12-8-13(2)18(14(3)9-12)10-15-4-5-16(15)11-19-17-6-7-17/h8-9,15-17,19H,4-7,10-11H2,1-3H3. The first-order chi connectivity index (χ1) is 9.13. The number of nitrogens with one attached hydrogen (secondary N) is 1. The van der Waals surface area contributed by atoms with Gasteiger partial charge >= 0.3 is 0 Å². The summed E-state index contributed by atoms with van der Waals surface area (Å²) in [4.78, 5) is 0. The van der Waals surface area contributed by atoms with Crippen molar-refractivity contribution in [2.45, 2.75) is 58.9 Å². The van der Waals surface area contributed by atoms with Gasteiger partial charge in [-0.25, -0.2) is 0 Å². The Bertz CT molecular complexity index is 436. The summed E-state index contributed by atoms with van der Waals surface area (Å²) in [5, 5.41) is 3.71. The molecule has 2 aliphatic rings. The lowest BCUT2D eigenvalue weighted by Gasteiger charge is -2.38. The van der Waals surface area contributed by atoms with E-state index in [1.165, 1.54) is 55.3 Å². The maximum atomic E-state index is 3.71. The summed E-state index contributed by atoms with van der Waals surface area (Å²) in [5.74, 6) is 1.85. The molecule has 0 aromatic heterocycles. The van der Waals surface area contributed by atoms with Crippen LogP contribution < -0.4 is 5.32 Å². The number of hydrogen-bond acceptors (Lipinski definition) is 1. The minimum absolute atomic E-state index is 0.865. The van der Waals surface area contributed by atoms with Gasteiger partial charge < -0.3 is 5.32 Å². The van der Waals surface area contributed by atoms with Crippen molar-refractivity contribution in [2.24, 2.45) is 11.8 Å². The SMILES string of the molecule is Cc1cc(C)c(CC2CCC2CNC2CC2)c(C)c1. The summed E-state index contributed by atoms with van der Waals surface area (Å²) >= 11 is 0. The van der Waals surface area contributed by atoms with Gasteiger partial charge in [0.1, 0.15) is 0 Å². The van der Waals surface area contributed by atoms with Crippen molar-refractivity contribution >= 4 is 0 Å². The molecule has 1 aromatic carbocycles. The summed E-state index contributed by atoms with van der Waals surface area (Å²) in [6, 6.07) is 5.56. The summed E-state index contributed by atoms with van der Waals surface area (Å²) in [5.41, 5.74) is 6.02. The first-order valence-electron chi connectivity index (χ1n) is 7.93. The Morgan fingerprint density at radius 3 is 2.11 bits per heavy atom. The Labute approximate surface area is 117 Å². The average molecular weight is 257 g/mol. The van der Waals surface area contributed by atoms with E-state index in [2.05, 4.69) is 38.2 Å². The fourth-order valence-corrected chi connectivity index (χ4v) is 3.58.